The highest BCUT2D eigenvalue weighted by Crippen LogP contribution is 2.36. The molecule has 1 aromatic carbocycles. The Hall–Kier alpha value is -1.72. The summed E-state index contributed by atoms with van der Waals surface area (Å²) in [7, 11) is 1.89. The van der Waals surface area contributed by atoms with Gasteiger partial charge in [0.05, 0.1) is 5.69 Å². The van der Waals surface area contributed by atoms with Crippen molar-refractivity contribution < 1.29 is 4.79 Å². The third-order valence-electron chi connectivity index (χ3n) is 3.30. The van der Waals surface area contributed by atoms with E-state index in [0.29, 0.717) is 17.5 Å². The Kier molecular flexibility index (Phi) is 6.10. The van der Waals surface area contributed by atoms with Crippen LogP contribution < -0.4 is 10.6 Å². The van der Waals surface area contributed by atoms with E-state index in [0.717, 1.165) is 24.2 Å². The standard InChI is InChI=1S/C17H23N3OS/c1-12(2)16-15(13-8-5-4-6-9-13)20-17(22-16)19-14(21)10-7-11-18-3/h4-6,8-9,12,18H,7,10-11H2,1-3H3,(H,19,20,21). The van der Waals surface area contributed by atoms with Gasteiger partial charge in [-0.1, -0.05) is 44.2 Å². The van der Waals surface area contributed by atoms with E-state index < -0.39 is 0 Å². The average molecular weight is 317 g/mol. The predicted octanol–water partition coefficient (Wildman–Crippen LogP) is 3.87. The molecule has 0 saturated heterocycles. The fourth-order valence-electron chi connectivity index (χ4n) is 2.19. The first-order chi connectivity index (χ1) is 10.6. The zero-order valence-corrected chi connectivity index (χ0v) is 14.2. The average Bonchev–Trinajstić information content (AvgIpc) is 2.92. The lowest BCUT2D eigenvalue weighted by Crippen LogP contribution is -2.15. The Morgan fingerprint density at radius 2 is 2.00 bits per heavy atom. The zero-order chi connectivity index (χ0) is 15.9. The van der Waals surface area contributed by atoms with Gasteiger partial charge in [-0.2, -0.15) is 0 Å². The second-order valence-corrected chi connectivity index (χ2v) is 6.54. The summed E-state index contributed by atoms with van der Waals surface area (Å²) in [5, 5.41) is 6.66. The Bertz CT molecular complexity index is 608. The van der Waals surface area contributed by atoms with Crippen LogP contribution in [0.3, 0.4) is 0 Å². The van der Waals surface area contributed by atoms with Crippen LogP contribution in [0.2, 0.25) is 0 Å². The summed E-state index contributed by atoms with van der Waals surface area (Å²) >= 11 is 1.57. The van der Waals surface area contributed by atoms with E-state index >= 15 is 0 Å². The predicted molar refractivity (Wildman–Crippen MR) is 93.4 cm³/mol. The van der Waals surface area contributed by atoms with Crippen LogP contribution in [0.4, 0.5) is 5.13 Å². The first kappa shape index (κ1) is 16.6. The molecule has 0 radical (unpaired) electrons. The van der Waals surface area contributed by atoms with Crippen LogP contribution in [0.15, 0.2) is 30.3 Å². The lowest BCUT2D eigenvalue weighted by Gasteiger charge is -2.04. The molecule has 0 unspecified atom stereocenters. The van der Waals surface area contributed by atoms with Crippen molar-refractivity contribution in [2.45, 2.75) is 32.6 Å². The fraction of sp³-hybridized carbons (Fsp3) is 0.412. The molecule has 5 heteroatoms. The molecule has 0 fully saturated rings. The number of nitrogens with one attached hydrogen (secondary N) is 2. The number of hydrogen-bond acceptors (Lipinski definition) is 4. The molecule has 0 aliphatic heterocycles. The molecular formula is C17H23N3OS. The van der Waals surface area contributed by atoms with E-state index in [2.05, 4.69) is 41.6 Å². The molecule has 2 N–H and O–H groups in total. The summed E-state index contributed by atoms with van der Waals surface area (Å²) in [6.45, 7) is 5.15. The third-order valence-corrected chi connectivity index (χ3v) is 4.57. The van der Waals surface area contributed by atoms with Gasteiger partial charge in [-0.05, 0) is 25.9 Å². The quantitative estimate of drug-likeness (QED) is 0.762. The number of nitrogens with zero attached hydrogens (tertiary/aromatic N) is 1. The molecular weight excluding hydrogens is 294 g/mol. The van der Waals surface area contributed by atoms with Crippen LogP contribution in [0, 0.1) is 0 Å². The number of carbonyl (C=O) groups is 1. The summed E-state index contributed by atoms with van der Waals surface area (Å²) in [5.74, 6) is 0.404. The van der Waals surface area contributed by atoms with Gasteiger partial charge in [-0.15, -0.1) is 11.3 Å². The van der Waals surface area contributed by atoms with Crippen molar-refractivity contribution in [3.63, 3.8) is 0 Å². The number of carbonyl (C=O) groups excluding carboxylic acids is 1. The third kappa shape index (κ3) is 4.39. The minimum atomic E-state index is 0.0268. The Labute approximate surface area is 136 Å². The van der Waals surface area contributed by atoms with Gasteiger partial charge in [0.2, 0.25) is 5.91 Å². The SMILES string of the molecule is CNCCCC(=O)Nc1nc(-c2ccccc2)c(C(C)C)s1. The molecule has 2 rings (SSSR count). The normalized spacial score (nSPS) is 10.9. The van der Waals surface area contributed by atoms with Crippen molar-refractivity contribution in [1.82, 2.24) is 10.3 Å². The lowest BCUT2D eigenvalue weighted by atomic mass is 10.1. The second kappa shape index (κ2) is 8.06. The summed E-state index contributed by atoms with van der Waals surface area (Å²) in [6.07, 6.45) is 1.34. The van der Waals surface area contributed by atoms with E-state index in [1.165, 1.54) is 4.88 Å². The summed E-state index contributed by atoms with van der Waals surface area (Å²) in [6, 6.07) is 10.1. The van der Waals surface area contributed by atoms with E-state index in [1.807, 2.05) is 25.2 Å². The highest BCUT2D eigenvalue weighted by atomic mass is 32.1. The molecule has 0 aliphatic carbocycles. The van der Waals surface area contributed by atoms with Crippen LogP contribution in [0.5, 0.6) is 0 Å². The van der Waals surface area contributed by atoms with Crippen molar-refractivity contribution >= 4 is 22.4 Å². The van der Waals surface area contributed by atoms with E-state index in [1.54, 1.807) is 11.3 Å². The highest BCUT2D eigenvalue weighted by molar-refractivity contribution is 7.16. The molecule has 22 heavy (non-hydrogen) atoms. The maximum atomic E-state index is 11.9. The topological polar surface area (TPSA) is 54.0 Å². The number of benzene rings is 1. The molecule has 2 aromatic rings. The van der Waals surface area contributed by atoms with Crippen LogP contribution in [-0.2, 0) is 4.79 Å². The monoisotopic (exact) mass is 317 g/mol. The largest absolute Gasteiger partial charge is 0.320 e. The molecule has 1 heterocycles. The van der Waals surface area contributed by atoms with E-state index in [4.69, 9.17) is 0 Å². The van der Waals surface area contributed by atoms with E-state index in [9.17, 15) is 4.79 Å². The number of rotatable bonds is 7. The zero-order valence-electron chi connectivity index (χ0n) is 13.3. The number of hydrogen-bond donors (Lipinski definition) is 2. The Morgan fingerprint density at radius 3 is 2.64 bits per heavy atom. The maximum Gasteiger partial charge on any atom is 0.226 e. The van der Waals surface area contributed by atoms with Gasteiger partial charge in [0, 0.05) is 16.9 Å². The fourth-order valence-corrected chi connectivity index (χ4v) is 3.19. The number of thiazole rings is 1. The van der Waals surface area contributed by atoms with Crippen LogP contribution >= 0.6 is 11.3 Å². The number of amides is 1. The smallest absolute Gasteiger partial charge is 0.226 e. The maximum absolute atomic E-state index is 11.9. The van der Waals surface area contributed by atoms with Gasteiger partial charge in [-0.25, -0.2) is 4.98 Å². The van der Waals surface area contributed by atoms with Crippen molar-refractivity contribution in [3.8, 4) is 11.3 Å². The van der Waals surface area contributed by atoms with Gasteiger partial charge in [-0.3, -0.25) is 4.79 Å². The summed E-state index contributed by atoms with van der Waals surface area (Å²) in [5.41, 5.74) is 2.07. The second-order valence-electron chi connectivity index (χ2n) is 5.51. The molecule has 1 aromatic heterocycles. The van der Waals surface area contributed by atoms with Crippen LogP contribution in [-0.4, -0.2) is 24.5 Å². The number of aromatic nitrogens is 1. The van der Waals surface area contributed by atoms with Crippen LogP contribution in [0.25, 0.3) is 11.3 Å². The molecule has 0 aliphatic rings. The molecule has 0 bridgehead atoms. The van der Waals surface area contributed by atoms with Gasteiger partial charge in [0.25, 0.3) is 0 Å². The van der Waals surface area contributed by atoms with Crippen molar-refractivity contribution in [2.24, 2.45) is 0 Å². The highest BCUT2D eigenvalue weighted by Gasteiger charge is 2.16. The molecule has 0 spiro atoms. The molecule has 118 valence electrons. The molecule has 4 nitrogen and oxygen atoms in total. The summed E-state index contributed by atoms with van der Waals surface area (Å²) < 4.78 is 0. The van der Waals surface area contributed by atoms with Gasteiger partial charge >= 0.3 is 0 Å². The first-order valence-corrected chi connectivity index (χ1v) is 8.44. The minimum Gasteiger partial charge on any atom is -0.320 e. The lowest BCUT2D eigenvalue weighted by molar-refractivity contribution is -0.116. The van der Waals surface area contributed by atoms with Crippen LogP contribution in [0.1, 0.15) is 37.5 Å². The van der Waals surface area contributed by atoms with Gasteiger partial charge in [0.15, 0.2) is 5.13 Å². The molecule has 0 atom stereocenters. The molecule has 0 saturated carbocycles. The first-order valence-electron chi connectivity index (χ1n) is 7.62. The van der Waals surface area contributed by atoms with Crippen molar-refractivity contribution in [2.75, 3.05) is 18.9 Å². The van der Waals surface area contributed by atoms with Crippen molar-refractivity contribution in [1.29, 1.82) is 0 Å². The molecule has 1 amide bonds. The number of anilines is 1. The van der Waals surface area contributed by atoms with E-state index in [-0.39, 0.29) is 5.91 Å². The summed E-state index contributed by atoms with van der Waals surface area (Å²) in [4.78, 5) is 17.8. The Balaban J connectivity index is 2.15. The van der Waals surface area contributed by atoms with Gasteiger partial charge < -0.3 is 10.6 Å². The minimum absolute atomic E-state index is 0.0268. The Morgan fingerprint density at radius 1 is 1.27 bits per heavy atom. The van der Waals surface area contributed by atoms with Crippen molar-refractivity contribution in [3.05, 3.63) is 35.2 Å². The van der Waals surface area contributed by atoms with Gasteiger partial charge in [0.1, 0.15) is 0 Å².